The van der Waals surface area contributed by atoms with Crippen LogP contribution in [0, 0.1) is 5.82 Å². The van der Waals surface area contributed by atoms with Gasteiger partial charge in [-0.25, -0.2) is 4.39 Å². The molecular weight excluding hydrogens is 465 g/mol. The Kier molecular flexibility index (Phi) is 5.33. The lowest BCUT2D eigenvalue weighted by atomic mass is 10.2. The summed E-state index contributed by atoms with van der Waals surface area (Å²) in [5.74, 6) is -3.21. The second-order valence-corrected chi connectivity index (χ2v) is 7.25. The highest BCUT2D eigenvalue weighted by Crippen LogP contribution is 2.30. The average molecular weight is 472 g/mol. The van der Waals surface area contributed by atoms with E-state index in [1.54, 1.807) is 0 Å². The molecule has 0 N–H and O–H groups in total. The number of hydrogen-bond acceptors (Lipinski definition) is 6. The molecule has 0 aliphatic carbocycles. The van der Waals surface area contributed by atoms with Crippen LogP contribution in [-0.2, 0) is 10.1 Å². The lowest BCUT2D eigenvalue weighted by Gasteiger charge is -2.14. The van der Waals surface area contributed by atoms with Crippen LogP contribution in [-0.4, -0.2) is 30.1 Å². The zero-order chi connectivity index (χ0) is 23.2. The number of rotatable bonds is 4. The molecule has 0 radical (unpaired) electrons. The van der Waals surface area contributed by atoms with E-state index in [0.29, 0.717) is 0 Å². The first kappa shape index (κ1) is 22.3. The van der Waals surface area contributed by atoms with Gasteiger partial charge in [-0.2, -0.15) is 26.3 Å². The summed E-state index contributed by atoms with van der Waals surface area (Å²) in [7, 11) is -6.24. The van der Waals surface area contributed by atoms with Gasteiger partial charge in [-0.15, -0.1) is 18.3 Å². The molecule has 0 aliphatic heterocycles. The van der Waals surface area contributed by atoms with Gasteiger partial charge in [0.1, 0.15) is 11.6 Å². The van der Waals surface area contributed by atoms with E-state index >= 15 is 0 Å². The van der Waals surface area contributed by atoms with Crippen LogP contribution in [0.4, 0.5) is 30.7 Å². The summed E-state index contributed by atoms with van der Waals surface area (Å²) in [4.78, 5) is 12.6. The maximum Gasteiger partial charge on any atom is 0.573 e. The van der Waals surface area contributed by atoms with Crippen LogP contribution in [0.15, 0.2) is 47.3 Å². The quantitative estimate of drug-likeness (QED) is 0.327. The molecule has 1 aromatic heterocycles. The van der Waals surface area contributed by atoms with Crippen LogP contribution in [0.25, 0.3) is 16.5 Å². The van der Waals surface area contributed by atoms with E-state index in [1.807, 2.05) is 0 Å². The summed E-state index contributed by atoms with van der Waals surface area (Å²) in [5.41, 5.74) is -7.44. The fraction of sp³-hybridized carbons (Fsp3) is 0.125. The van der Waals surface area contributed by atoms with Crippen LogP contribution in [0.1, 0.15) is 0 Å². The molecule has 1 heterocycles. The van der Waals surface area contributed by atoms with Crippen LogP contribution >= 0.6 is 0 Å². The Bertz CT molecular complexity index is 1300. The second-order valence-electron chi connectivity index (χ2n) is 5.71. The molecule has 0 aliphatic rings. The summed E-state index contributed by atoms with van der Waals surface area (Å²) >= 11 is 0. The first-order chi connectivity index (χ1) is 14.2. The highest BCUT2D eigenvalue weighted by Gasteiger charge is 2.49. The number of aromatic nitrogens is 2. The third kappa shape index (κ3) is 4.55. The first-order valence-electron chi connectivity index (χ1n) is 7.78. The normalized spacial score (nSPS) is 12.7. The molecule has 0 fully saturated rings. The van der Waals surface area contributed by atoms with Gasteiger partial charge in [-0.05, 0) is 36.4 Å². The molecule has 0 atom stereocenters. The van der Waals surface area contributed by atoms with Crippen molar-refractivity contribution >= 4 is 20.9 Å². The van der Waals surface area contributed by atoms with Crippen LogP contribution < -0.4 is 14.5 Å². The first-order valence-corrected chi connectivity index (χ1v) is 9.19. The number of benzene rings is 2. The number of hydrogen-bond donors (Lipinski definition) is 0. The molecule has 166 valence electrons. The lowest BCUT2D eigenvalue weighted by molar-refractivity contribution is -0.274. The topological polar surface area (TPSA) is 87.5 Å². The van der Waals surface area contributed by atoms with Gasteiger partial charge in [0.25, 0.3) is 11.4 Å². The molecule has 15 heteroatoms. The van der Waals surface area contributed by atoms with E-state index in [1.165, 1.54) is 0 Å². The minimum atomic E-state index is -6.24. The largest absolute Gasteiger partial charge is 0.573 e. The smallest absolute Gasteiger partial charge is 0.406 e. The number of halogens is 7. The minimum Gasteiger partial charge on any atom is -0.406 e. The molecule has 31 heavy (non-hydrogen) atoms. The Morgan fingerprint density at radius 3 is 2.10 bits per heavy atom. The van der Waals surface area contributed by atoms with Gasteiger partial charge in [-0.3, -0.25) is 4.79 Å². The number of nitrogens with zero attached hydrogens (tertiary/aromatic N) is 2. The Morgan fingerprint density at radius 1 is 0.935 bits per heavy atom. The van der Waals surface area contributed by atoms with Crippen molar-refractivity contribution in [3.63, 3.8) is 0 Å². The van der Waals surface area contributed by atoms with Crippen molar-refractivity contribution in [2.24, 2.45) is 0 Å². The fourth-order valence-corrected chi connectivity index (χ4v) is 2.82. The number of alkyl halides is 6. The van der Waals surface area contributed by atoms with Crippen molar-refractivity contribution < 1.29 is 48.1 Å². The molecule has 2 aromatic carbocycles. The van der Waals surface area contributed by atoms with Gasteiger partial charge in [0.15, 0.2) is 0 Å². The van der Waals surface area contributed by atoms with Crippen LogP contribution in [0.2, 0.25) is 0 Å². The van der Waals surface area contributed by atoms with Crippen LogP contribution in [0.5, 0.6) is 11.6 Å². The summed E-state index contributed by atoms with van der Waals surface area (Å²) in [6, 6.07) is 5.84. The van der Waals surface area contributed by atoms with Crippen molar-refractivity contribution in [1.82, 2.24) is 9.78 Å². The number of ether oxygens (including phenoxy) is 1. The average Bonchev–Trinajstić information content (AvgIpc) is 2.62. The van der Waals surface area contributed by atoms with E-state index < -0.39 is 55.8 Å². The van der Waals surface area contributed by atoms with Crippen molar-refractivity contribution in [1.29, 1.82) is 0 Å². The summed E-state index contributed by atoms with van der Waals surface area (Å²) in [6.45, 7) is 0. The van der Waals surface area contributed by atoms with Crippen molar-refractivity contribution in [2.75, 3.05) is 0 Å². The van der Waals surface area contributed by atoms with E-state index in [9.17, 15) is 43.9 Å². The van der Waals surface area contributed by atoms with Crippen LogP contribution in [0.3, 0.4) is 0 Å². The molecule has 0 bridgehead atoms. The van der Waals surface area contributed by atoms with E-state index in [-0.39, 0.29) is 10.4 Å². The van der Waals surface area contributed by atoms with Gasteiger partial charge < -0.3 is 8.92 Å². The third-order valence-corrected chi connectivity index (χ3v) is 4.57. The molecule has 0 amide bonds. The molecule has 0 saturated heterocycles. The molecule has 3 aromatic rings. The summed E-state index contributed by atoms with van der Waals surface area (Å²) in [5, 5.41) is 1.85. The van der Waals surface area contributed by atoms with Gasteiger partial charge in [0.05, 0.1) is 16.5 Å². The molecular formula is C16H7F7N2O5S. The third-order valence-electron chi connectivity index (χ3n) is 3.63. The van der Waals surface area contributed by atoms with E-state index in [2.05, 4.69) is 14.0 Å². The van der Waals surface area contributed by atoms with Gasteiger partial charge >= 0.3 is 22.0 Å². The summed E-state index contributed by atoms with van der Waals surface area (Å²) < 4.78 is 120. The molecule has 0 saturated carbocycles. The Morgan fingerprint density at radius 2 is 1.55 bits per heavy atom. The molecule has 3 rings (SSSR count). The fourth-order valence-electron chi connectivity index (χ4n) is 2.39. The SMILES string of the molecule is O=c1c2c(F)cccc2c(OS(=O)(=O)C(F)(F)F)nn1-c1ccc(OC(F)(F)F)cc1. The van der Waals surface area contributed by atoms with Crippen molar-refractivity contribution in [3.05, 3.63) is 58.6 Å². The van der Waals surface area contributed by atoms with Crippen molar-refractivity contribution in [3.8, 4) is 17.3 Å². The lowest BCUT2D eigenvalue weighted by Crippen LogP contribution is -2.30. The zero-order valence-corrected chi connectivity index (χ0v) is 15.3. The Balaban J connectivity index is 2.20. The minimum absolute atomic E-state index is 0.268. The maximum atomic E-state index is 14.2. The highest BCUT2D eigenvalue weighted by atomic mass is 32.2. The van der Waals surface area contributed by atoms with Gasteiger partial charge in [0, 0.05) is 0 Å². The van der Waals surface area contributed by atoms with Crippen molar-refractivity contribution in [2.45, 2.75) is 11.9 Å². The summed E-state index contributed by atoms with van der Waals surface area (Å²) in [6.07, 6.45) is -5.02. The van der Waals surface area contributed by atoms with E-state index in [0.717, 1.165) is 42.5 Å². The van der Waals surface area contributed by atoms with E-state index in [4.69, 9.17) is 0 Å². The maximum absolute atomic E-state index is 14.2. The van der Waals surface area contributed by atoms with Gasteiger partial charge in [-0.1, -0.05) is 6.07 Å². The number of fused-ring (bicyclic) bond motifs is 1. The molecule has 0 spiro atoms. The monoisotopic (exact) mass is 472 g/mol. The molecule has 7 nitrogen and oxygen atoms in total. The molecule has 0 unspecified atom stereocenters. The predicted molar refractivity (Wildman–Crippen MR) is 89.6 cm³/mol. The van der Waals surface area contributed by atoms with Gasteiger partial charge in [0.2, 0.25) is 0 Å². The Hall–Kier alpha value is -3.36. The standard InChI is InChI=1S/C16H7F7N2O5S/c17-11-3-1-2-10-12(11)14(26)25(24-13(10)30-31(27,28)16(21,22)23)8-4-6-9(7-5-8)29-15(18,19)20/h1-7H. The zero-order valence-electron chi connectivity index (χ0n) is 14.5. The Labute approximate surface area is 167 Å². The predicted octanol–water partition coefficient (Wildman–Crippen LogP) is 3.65. The second kappa shape index (κ2) is 7.40. The highest BCUT2D eigenvalue weighted by molar-refractivity contribution is 7.88.